The van der Waals surface area contributed by atoms with Gasteiger partial charge in [-0.3, -0.25) is 0 Å². The normalized spacial score (nSPS) is 17.7. The lowest BCUT2D eigenvalue weighted by Gasteiger charge is -2.15. The average molecular weight is 352 g/mol. The second-order valence-electron chi connectivity index (χ2n) is 6.63. The fourth-order valence-electron chi connectivity index (χ4n) is 3.37. The number of ether oxygens (including phenoxy) is 1. The van der Waals surface area contributed by atoms with E-state index in [9.17, 15) is 9.90 Å². The number of carbonyl (C=O) groups is 1. The summed E-state index contributed by atoms with van der Waals surface area (Å²) in [7, 11) is 2.05. The van der Waals surface area contributed by atoms with Crippen molar-refractivity contribution in [3.63, 3.8) is 0 Å². The summed E-state index contributed by atoms with van der Waals surface area (Å²) in [6.45, 7) is 3.67. The molecule has 7 nitrogen and oxygen atoms in total. The minimum absolute atomic E-state index is 0.0340. The maximum absolute atomic E-state index is 11.6. The number of hydrogen-bond acceptors (Lipinski definition) is 5. The van der Waals surface area contributed by atoms with Crippen molar-refractivity contribution in [1.29, 1.82) is 0 Å². The predicted octanol–water partition coefficient (Wildman–Crippen LogP) is 2.51. The molecule has 1 aliphatic heterocycles. The van der Waals surface area contributed by atoms with Crippen LogP contribution in [0.2, 0.25) is 0 Å². The van der Waals surface area contributed by atoms with Crippen LogP contribution in [0.4, 0.5) is 0 Å². The highest BCUT2D eigenvalue weighted by atomic mass is 16.5. The number of pyridine rings is 1. The van der Waals surface area contributed by atoms with Crippen molar-refractivity contribution in [2.75, 3.05) is 20.1 Å². The van der Waals surface area contributed by atoms with Gasteiger partial charge in [0.05, 0.1) is 16.8 Å². The number of hydrogen-bond donors (Lipinski definition) is 1. The minimum Gasteiger partial charge on any atom is -0.488 e. The summed E-state index contributed by atoms with van der Waals surface area (Å²) < 4.78 is 7.85. The summed E-state index contributed by atoms with van der Waals surface area (Å²) in [4.78, 5) is 18.1. The van der Waals surface area contributed by atoms with E-state index in [1.807, 2.05) is 44.3 Å². The van der Waals surface area contributed by atoms with Crippen LogP contribution in [0.15, 0.2) is 36.4 Å². The van der Waals surface area contributed by atoms with Crippen LogP contribution in [0.25, 0.3) is 16.7 Å². The number of fused-ring (bicyclic) bond motifs is 1. The third-order valence-electron chi connectivity index (χ3n) is 4.64. The van der Waals surface area contributed by atoms with Crippen LogP contribution in [0.5, 0.6) is 5.75 Å². The highest BCUT2D eigenvalue weighted by Gasteiger charge is 2.25. The summed E-state index contributed by atoms with van der Waals surface area (Å²) in [6, 6.07) is 11.1. The van der Waals surface area contributed by atoms with E-state index < -0.39 is 5.97 Å². The quantitative estimate of drug-likeness (QED) is 0.777. The number of aryl methyl sites for hydroxylation is 1. The van der Waals surface area contributed by atoms with Crippen LogP contribution < -0.4 is 4.74 Å². The summed E-state index contributed by atoms with van der Waals surface area (Å²) in [6.07, 6.45) is 0.945. The maximum atomic E-state index is 11.6. The number of para-hydroxylation sites is 1. The molecule has 7 heteroatoms. The Bertz CT molecular complexity index is 968. The van der Waals surface area contributed by atoms with Gasteiger partial charge >= 0.3 is 5.97 Å². The van der Waals surface area contributed by atoms with Gasteiger partial charge in [-0.15, -0.1) is 0 Å². The molecule has 4 rings (SSSR count). The van der Waals surface area contributed by atoms with Gasteiger partial charge in [-0.05, 0) is 32.5 Å². The fraction of sp³-hybridized carbons (Fsp3) is 0.316. The van der Waals surface area contributed by atoms with Crippen molar-refractivity contribution < 1.29 is 14.6 Å². The zero-order valence-electron chi connectivity index (χ0n) is 14.7. The Morgan fingerprint density at radius 1 is 1.31 bits per heavy atom. The Balaban J connectivity index is 1.88. The zero-order chi connectivity index (χ0) is 18.3. The van der Waals surface area contributed by atoms with Crippen molar-refractivity contribution in [2.45, 2.75) is 19.4 Å². The third kappa shape index (κ3) is 2.90. The first-order valence-electron chi connectivity index (χ1n) is 8.57. The SMILES string of the molecule is Cc1nn(-c2ccccc2)c2nc(C(=O)O)cc(O[C@H]3CCN(C)C3)c12. The molecule has 3 heterocycles. The lowest BCUT2D eigenvalue weighted by Crippen LogP contribution is -2.21. The van der Waals surface area contributed by atoms with Gasteiger partial charge in [0, 0.05) is 19.2 Å². The minimum atomic E-state index is -1.08. The molecule has 0 amide bonds. The molecule has 0 saturated carbocycles. The first-order valence-corrected chi connectivity index (χ1v) is 8.57. The van der Waals surface area contributed by atoms with Gasteiger partial charge in [-0.25, -0.2) is 14.5 Å². The van der Waals surface area contributed by atoms with Crippen molar-refractivity contribution in [3.05, 3.63) is 47.8 Å². The van der Waals surface area contributed by atoms with E-state index in [1.165, 1.54) is 6.07 Å². The number of likely N-dealkylation sites (N-methyl/N-ethyl adjacent to an activating group) is 1. The van der Waals surface area contributed by atoms with Crippen LogP contribution in [-0.4, -0.2) is 57.0 Å². The molecule has 0 spiro atoms. The van der Waals surface area contributed by atoms with Crippen LogP contribution in [0, 0.1) is 6.92 Å². The van der Waals surface area contributed by atoms with Gasteiger partial charge in [0.1, 0.15) is 11.9 Å². The number of carboxylic acid groups (broad SMARTS) is 1. The fourth-order valence-corrected chi connectivity index (χ4v) is 3.37. The molecule has 2 aromatic heterocycles. The van der Waals surface area contributed by atoms with Crippen molar-refractivity contribution >= 4 is 17.0 Å². The van der Waals surface area contributed by atoms with Gasteiger partial charge in [0.25, 0.3) is 0 Å². The number of aromatic carboxylic acids is 1. The molecule has 0 aliphatic carbocycles. The lowest BCUT2D eigenvalue weighted by atomic mass is 10.2. The Morgan fingerprint density at radius 2 is 2.08 bits per heavy atom. The molecule has 1 saturated heterocycles. The highest BCUT2D eigenvalue weighted by molar-refractivity contribution is 5.93. The molecule has 1 aromatic carbocycles. The first-order chi connectivity index (χ1) is 12.5. The number of rotatable bonds is 4. The van der Waals surface area contributed by atoms with Crippen molar-refractivity contribution in [2.24, 2.45) is 0 Å². The third-order valence-corrected chi connectivity index (χ3v) is 4.64. The monoisotopic (exact) mass is 352 g/mol. The Kier molecular flexibility index (Phi) is 4.08. The number of carboxylic acids is 1. The number of nitrogens with zero attached hydrogens (tertiary/aromatic N) is 4. The predicted molar refractivity (Wildman–Crippen MR) is 97.1 cm³/mol. The standard InChI is InChI=1S/C19H20N4O3/c1-12-17-16(26-14-8-9-22(2)11-14)10-15(19(24)25)20-18(17)23(21-12)13-6-4-3-5-7-13/h3-7,10,14H,8-9,11H2,1-2H3,(H,24,25)/t14-/m0/s1. The van der Waals surface area contributed by atoms with Crippen LogP contribution in [-0.2, 0) is 0 Å². The number of aromatic nitrogens is 3. The van der Waals surface area contributed by atoms with E-state index in [4.69, 9.17) is 4.74 Å². The van der Waals surface area contributed by atoms with Crippen LogP contribution in [0.1, 0.15) is 22.6 Å². The molecular weight excluding hydrogens is 332 g/mol. The van der Waals surface area contributed by atoms with E-state index in [0.717, 1.165) is 36.3 Å². The van der Waals surface area contributed by atoms with Crippen molar-refractivity contribution in [1.82, 2.24) is 19.7 Å². The first kappa shape index (κ1) is 16.5. The molecule has 1 N–H and O–H groups in total. The molecule has 0 radical (unpaired) electrons. The zero-order valence-corrected chi connectivity index (χ0v) is 14.7. The van der Waals surface area contributed by atoms with Gasteiger partial charge in [-0.1, -0.05) is 18.2 Å². The number of benzene rings is 1. The van der Waals surface area contributed by atoms with Crippen LogP contribution in [0.3, 0.4) is 0 Å². The van der Waals surface area contributed by atoms with E-state index in [2.05, 4.69) is 15.0 Å². The Morgan fingerprint density at radius 3 is 2.73 bits per heavy atom. The molecule has 0 unspecified atom stereocenters. The second kappa shape index (κ2) is 6.42. The summed E-state index contributed by atoms with van der Waals surface area (Å²) >= 11 is 0. The van der Waals surface area contributed by atoms with E-state index in [-0.39, 0.29) is 11.8 Å². The second-order valence-corrected chi connectivity index (χ2v) is 6.63. The van der Waals surface area contributed by atoms with E-state index in [1.54, 1.807) is 4.68 Å². The summed E-state index contributed by atoms with van der Waals surface area (Å²) in [5.74, 6) is -0.550. The smallest absolute Gasteiger partial charge is 0.354 e. The topological polar surface area (TPSA) is 80.5 Å². The molecular formula is C19H20N4O3. The Labute approximate surface area is 150 Å². The van der Waals surface area contributed by atoms with E-state index in [0.29, 0.717) is 11.4 Å². The van der Waals surface area contributed by atoms with Crippen molar-refractivity contribution in [3.8, 4) is 11.4 Å². The lowest BCUT2D eigenvalue weighted by molar-refractivity contribution is 0.0690. The molecule has 134 valence electrons. The molecule has 1 atom stereocenters. The van der Waals surface area contributed by atoms with Gasteiger partial charge in [0.2, 0.25) is 0 Å². The van der Waals surface area contributed by atoms with Gasteiger partial charge in [0.15, 0.2) is 11.3 Å². The van der Waals surface area contributed by atoms with Gasteiger partial charge < -0.3 is 14.7 Å². The van der Waals surface area contributed by atoms with Crippen LogP contribution >= 0.6 is 0 Å². The molecule has 26 heavy (non-hydrogen) atoms. The van der Waals surface area contributed by atoms with Gasteiger partial charge in [-0.2, -0.15) is 5.10 Å². The average Bonchev–Trinajstić information content (AvgIpc) is 3.19. The summed E-state index contributed by atoms with van der Waals surface area (Å²) in [5, 5.41) is 14.8. The Hall–Kier alpha value is -2.93. The van der Waals surface area contributed by atoms with E-state index >= 15 is 0 Å². The molecule has 1 fully saturated rings. The highest BCUT2D eigenvalue weighted by Crippen LogP contribution is 2.32. The largest absolute Gasteiger partial charge is 0.488 e. The number of likely N-dealkylation sites (tertiary alicyclic amines) is 1. The summed E-state index contributed by atoms with van der Waals surface area (Å²) in [5.41, 5.74) is 2.03. The molecule has 1 aliphatic rings. The molecule has 3 aromatic rings. The maximum Gasteiger partial charge on any atom is 0.354 e. The molecule has 0 bridgehead atoms.